The van der Waals surface area contributed by atoms with Gasteiger partial charge in [-0.2, -0.15) is 14.1 Å². The molecule has 1 aliphatic carbocycles. The van der Waals surface area contributed by atoms with Gasteiger partial charge in [-0.3, -0.25) is 14.6 Å². The summed E-state index contributed by atoms with van der Waals surface area (Å²) >= 11 is 12.6. The molecule has 5 rings (SSSR count). The zero-order valence-electron chi connectivity index (χ0n) is 20.8. The predicted molar refractivity (Wildman–Crippen MR) is 142 cm³/mol. The summed E-state index contributed by atoms with van der Waals surface area (Å²) in [5.41, 5.74) is -3.82. The number of phenolic OH excluding ortho intramolecular Hbond substituents is 1. The number of hydrogen-bond donors (Lipinski definition) is 3. The predicted octanol–water partition coefficient (Wildman–Crippen LogP) is 2.95. The fourth-order valence-electron chi connectivity index (χ4n) is 4.25. The van der Waals surface area contributed by atoms with Crippen LogP contribution >= 0.6 is 23.2 Å². The summed E-state index contributed by atoms with van der Waals surface area (Å²) in [5.74, 6) is -0.899. The Morgan fingerprint density at radius 1 is 1.15 bits per heavy atom. The van der Waals surface area contributed by atoms with E-state index in [1.165, 1.54) is 6.07 Å². The van der Waals surface area contributed by atoms with Gasteiger partial charge in [0.25, 0.3) is 12.0 Å². The van der Waals surface area contributed by atoms with E-state index in [4.69, 9.17) is 27.9 Å². The molecule has 17 heteroatoms. The third-order valence-electron chi connectivity index (χ3n) is 6.50. The fraction of sp³-hybridized carbons (Fsp3) is 0.333. The molecule has 1 aromatic heterocycles. The van der Waals surface area contributed by atoms with E-state index >= 15 is 0 Å². The molecule has 12 nitrogen and oxygen atoms in total. The Morgan fingerprint density at radius 3 is 2.46 bits per heavy atom. The average Bonchev–Trinajstić information content (AvgIpc) is 3.65. The number of carbonyl (C=O) groups is 1. The largest absolute Gasteiger partial charge is 0.507 e. The highest BCUT2D eigenvalue weighted by Crippen LogP contribution is 2.40. The van der Waals surface area contributed by atoms with Gasteiger partial charge in [0.2, 0.25) is 15.9 Å². The van der Waals surface area contributed by atoms with Crippen LogP contribution in [0.15, 0.2) is 44.8 Å². The van der Waals surface area contributed by atoms with Crippen LogP contribution in [0.3, 0.4) is 0 Å². The quantitative estimate of drug-likeness (QED) is 0.341. The van der Waals surface area contributed by atoms with Crippen LogP contribution in [0.2, 0.25) is 10.0 Å². The molecule has 1 aliphatic heterocycles. The number of carbonyl (C=O) groups excluding carboxylic acids is 1. The van der Waals surface area contributed by atoms with Crippen molar-refractivity contribution in [2.45, 2.75) is 36.6 Å². The van der Waals surface area contributed by atoms with E-state index in [2.05, 4.69) is 10.4 Å². The zero-order chi connectivity index (χ0) is 29.6. The van der Waals surface area contributed by atoms with Crippen molar-refractivity contribution in [1.29, 1.82) is 0 Å². The number of aromatic amines is 1. The minimum atomic E-state index is -4.19. The second-order valence-electron chi connectivity index (χ2n) is 9.46. The number of alkyl halides is 2. The van der Waals surface area contributed by atoms with Gasteiger partial charge in [-0.15, -0.1) is 0 Å². The van der Waals surface area contributed by atoms with Crippen molar-refractivity contribution >= 4 is 39.1 Å². The first-order valence-corrected chi connectivity index (χ1v) is 14.4. The van der Waals surface area contributed by atoms with E-state index in [1.54, 1.807) is 4.98 Å². The molecule has 2 aromatic carbocycles. The van der Waals surface area contributed by atoms with E-state index in [0.29, 0.717) is 11.1 Å². The summed E-state index contributed by atoms with van der Waals surface area (Å²) in [6.45, 7) is 0.170. The van der Waals surface area contributed by atoms with E-state index in [1.807, 2.05) is 0 Å². The number of aromatic hydroxyl groups is 1. The Balaban J connectivity index is 1.39. The minimum Gasteiger partial charge on any atom is -0.507 e. The van der Waals surface area contributed by atoms with Crippen molar-refractivity contribution in [3.05, 3.63) is 66.9 Å². The maximum Gasteiger partial charge on any atom is 0.349 e. The van der Waals surface area contributed by atoms with E-state index in [0.717, 1.165) is 41.4 Å². The molecule has 1 atom stereocenters. The molecule has 1 amide bonds. The smallest absolute Gasteiger partial charge is 0.349 e. The molecule has 41 heavy (non-hydrogen) atoms. The van der Waals surface area contributed by atoms with Gasteiger partial charge in [0.05, 0.1) is 15.7 Å². The maximum absolute atomic E-state index is 13.3. The molecular weight excluding hydrogens is 611 g/mol. The number of phenols is 1. The molecule has 0 radical (unpaired) electrons. The Bertz CT molecular complexity index is 1740. The van der Waals surface area contributed by atoms with Crippen LogP contribution in [0.1, 0.15) is 31.4 Å². The van der Waals surface area contributed by atoms with Crippen LogP contribution in [-0.4, -0.2) is 57.6 Å². The molecule has 2 fully saturated rings. The first-order valence-electron chi connectivity index (χ1n) is 12.2. The lowest BCUT2D eigenvalue weighted by molar-refractivity contribution is -0.122. The van der Waals surface area contributed by atoms with Crippen LogP contribution in [0.25, 0.3) is 5.69 Å². The maximum atomic E-state index is 13.3. The second-order valence-corrected chi connectivity index (χ2v) is 12.2. The minimum absolute atomic E-state index is 0.0182. The standard InChI is InChI=1S/C24H21Cl2F2N5O7S/c25-15-7-13(33-24(37)30-23(36)19(31-33)21(27)28)8-16(26)20(15)40-14-3-4-17(34)18(9-14)41(38,39)32-6-5-12(10-32)29-22(35)11-1-2-11/h3-4,7-9,11-12,21,34H,1-2,5-6,10H2,(H,29,35)(H,30,36,37). The lowest BCUT2D eigenvalue weighted by atomic mass is 10.2. The number of nitrogens with zero attached hydrogens (tertiary/aromatic N) is 3. The average molecular weight is 632 g/mol. The first-order chi connectivity index (χ1) is 19.3. The summed E-state index contributed by atoms with van der Waals surface area (Å²) in [7, 11) is -4.19. The second kappa shape index (κ2) is 11.0. The summed E-state index contributed by atoms with van der Waals surface area (Å²) in [5, 5.41) is 16.2. The number of aromatic nitrogens is 3. The Labute approximate surface area is 240 Å². The molecule has 1 saturated heterocycles. The van der Waals surface area contributed by atoms with E-state index in [9.17, 15) is 36.7 Å². The highest BCUT2D eigenvalue weighted by atomic mass is 35.5. The summed E-state index contributed by atoms with van der Waals surface area (Å²) in [4.78, 5) is 37.1. The lowest BCUT2D eigenvalue weighted by Crippen LogP contribution is -2.39. The summed E-state index contributed by atoms with van der Waals surface area (Å²) in [6.07, 6.45) is -1.20. The molecule has 3 aromatic rings. The molecule has 0 bridgehead atoms. The third-order valence-corrected chi connectivity index (χ3v) is 8.96. The molecule has 218 valence electrons. The molecule has 1 unspecified atom stereocenters. The Morgan fingerprint density at radius 2 is 1.83 bits per heavy atom. The molecule has 2 heterocycles. The van der Waals surface area contributed by atoms with Crippen molar-refractivity contribution < 1.29 is 31.8 Å². The first kappa shape index (κ1) is 29.0. The normalized spacial score (nSPS) is 17.6. The fourth-order valence-corrected chi connectivity index (χ4v) is 6.40. The van der Waals surface area contributed by atoms with Gasteiger partial charge in [-0.1, -0.05) is 23.2 Å². The highest BCUT2D eigenvalue weighted by molar-refractivity contribution is 7.89. The van der Waals surface area contributed by atoms with Gasteiger partial charge in [0.15, 0.2) is 11.4 Å². The number of sulfonamides is 1. The Hall–Kier alpha value is -3.53. The third kappa shape index (κ3) is 5.93. The zero-order valence-corrected chi connectivity index (χ0v) is 23.1. The van der Waals surface area contributed by atoms with Gasteiger partial charge in [-0.05, 0) is 43.5 Å². The Kier molecular flexibility index (Phi) is 7.80. The van der Waals surface area contributed by atoms with Crippen molar-refractivity contribution in [2.75, 3.05) is 13.1 Å². The van der Waals surface area contributed by atoms with Crippen molar-refractivity contribution in [3.8, 4) is 22.9 Å². The van der Waals surface area contributed by atoms with Gasteiger partial charge in [0.1, 0.15) is 16.4 Å². The van der Waals surface area contributed by atoms with Gasteiger partial charge in [-0.25, -0.2) is 22.0 Å². The number of nitrogens with one attached hydrogen (secondary N) is 2. The number of H-pyrrole nitrogens is 1. The number of ether oxygens (including phenoxy) is 1. The van der Waals surface area contributed by atoms with Crippen molar-refractivity contribution in [3.63, 3.8) is 0 Å². The number of amides is 1. The number of rotatable bonds is 8. The lowest BCUT2D eigenvalue weighted by Gasteiger charge is -2.19. The van der Waals surface area contributed by atoms with Crippen LogP contribution < -0.4 is 21.3 Å². The van der Waals surface area contributed by atoms with Gasteiger partial charge >= 0.3 is 5.69 Å². The van der Waals surface area contributed by atoms with E-state index < -0.39 is 44.0 Å². The van der Waals surface area contributed by atoms with Crippen molar-refractivity contribution in [2.24, 2.45) is 5.92 Å². The van der Waals surface area contributed by atoms with Crippen LogP contribution in [0, 0.1) is 5.92 Å². The molecule has 3 N–H and O–H groups in total. The van der Waals surface area contributed by atoms with Crippen molar-refractivity contribution in [1.82, 2.24) is 24.4 Å². The monoisotopic (exact) mass is 631 g/mol. The van der Waals surface area contributed by atoms with Crippen LogP contribution in [0.4, 0.5) is 8.78 Å². The number of hydrogen-bond acceptors (Lipinski definition) is 8. The van der Waals surface area contributed by atoms with Crippen LogP contribution in [-0.2, 0) is 14.8 Å². The topological polar surface area (TPSA) is 164 Å². The number of halogens is 4. The molecular formula is C24H21Cl2F2N5O7S. The SMILES string of the molecule is O=C(NC1CCN(S(=O)(=O)c2cc(Oc3c(Cl)cc(-n4nc(C(F)F)c(=O)[nH]c4=O)cc3Cl)ccc2O)C1)C1CC1. The summed E-state index contributed by atoms with van der Waals surface area (Å²) < 4.78 is 60.2. The molecule has 2 aliphatic rings. The van der Waals surface area contributed by atoms with Gasteiger partial charge < -0.3 is 15.2 Å². The van der Waals surface area contributed by atoms with Crippen LogP contribution in [0.5, 0.6) is 17.2 Å². The summed E-state index contributed by atoms with van der Waals surface area (Å²) in [6, 6.07) is 5.32. The molecule has 1 saturated carbocycles. The van der Waals surface area contributed by atoms with Gasteiger partial charge in [0, 0.05) is 31.1 Å². The number of benzene rings is 2. The van der Waals surface area contributed by atoms with E-state index in [-0.39, 0.29) is 58.2 Å². The highest BCUT2D eigenvalue weighted by Gasteiger charge is 2.37. The molecule has 0 spiro atoms.